The Morgan fingerprint density at radius 2 is 1.90 bits per heavy atom. The fourth-order valence-electron chi connectivity index (χ4n) is 2.51. The van der Waals surface area contributed by atoms with Crippen molar-refractivity contribution in [2.75, 3.05) is 7.05 Å². The Morgan fingerprint density at radius 1 is 1.30 bits per heavy atom. The lowest BCUT2D eigenvalue weighted by Gasteiger charge is -2.25. The lowest BCUT2D eigenvalue weighted by atomic mass is 10.1. The molecule has 2 nitrogen and oxygen atoms in total. The molecule has 110 valence electrons. The summed E-state index contributed by atoms with van der Waals surface area (Å²) < 4.78 is 38.6. The first-order valence-electron chi connectivity index (χ1n) is 6.44. The van der Waals surface area contributed by atoms with Crippen LogP contribution in [0.5, 0.6) is 0 Å². The van der Waals surface area contributed by atoms with Crippen LogP contribution in [0.2, 0.25) is 0 Å². The molecule has 0 aliphatic heterocycles. The highest BCUT2D eigenvalue weighted by molar-refractivity contribution is 9.10. The maximum absolute atomic E-state index is 12.7. The molecule has 1 fully saturated rings. The van der Waals surface area contributed by atoms with E-state index in [4.69, 9.17) is 0 Å². The second-order valence-corrected chi connectivity index (χ2v) is 5.90. The molecule has 0 radical (unpaired) electrons. The zero-order valence-corrected chi connectivity index (χ0v) is 12.6. The fourth-order valence-corrected chi connectivity index (χ4v) is 2.93. The van der Waals surface area contributed by atoms with E-state index in [2.05, 4.69) is 15.9 Å². The van der Waals surface area contributed by atoms with Gasteiger partial charge in [-0.15, -0.1) is 0 Å². The van der Waals surface area contributed by atoms with E-state index in [9.17, 15) is 18.0 Å². The lowest BCUT2D eigenvalue weighted by molar-refractivity contribution is -0.137. The van der Waals surface area contributed by atoms with Crippen molar-refractivity contribution in [3.05, 3.63) is 33.8 Å². The van der Waals surface area contributed by atoms with Gasteiger partial charge >= 0.3 is 6.18 Å². The van der Waals surface area contributed by atoms with Gasteiger partial charge in [0.2, 0.25) is 0 Å². The van der Waals surface area contributed by atoms with Crippen LogP contribution >= 0.6 is 15.9 Å². The summed E-state index contributed by atoms with van der Waals surface area (Å²) in [6.45, 7) is 0. The molecule has 6 heteroatoms. The Kier molecular flexibility index (Phi) is 4.42. The summed E-state index contributed by atoms with van der Waals surface area (Å²) in [5.41, 5.74) is -0.738. The largest absolute Gasteiger partial charge is 0.416 e. The molecule has 1 saturated carbocycles. The SMILES string of the molecule is CN(C(=O)c1cc(C(F)(F)F)ccc1Br)C1CCCC1. The van der Waals surface area contributed by atoms with Crippen molar-refractivity contribution in [1.82, 2.24) is 4.90 Å². The predicted octanol–water partition coefficient (Wildman–Crippen LogP) is 4.48. The van der Waals surface area contributed by atoms with Gasteiger partial charge in [0.25, 0.3) is 5.91 Å². The average Bonchev–Trinajstić information content (AvgIpc) is 2.90. The Hall–Kier alpha value is -1.04. The zero-order valence-electron chi connectivity index (χ0n) is 11.0. The molecule has 0 atom stereocenters. The van der Waals surface area contributed by atoms with E-state index >= 15 is 0 Å². The lowest BCUT2D eigenvalue weighted by Crippen LogP contribution is -2.35. The van der Waals surface area contributed by atoms with Crippen molar-refractivity contribution >= 4 is 21.8 Å². The van der Waals surface area contributed by atoms with E-state index in [1.165, 1.54) is 6.07 Å². The van der Waals surface area contributed by atoms with Gasteiger partial charge < -0.3 is 4.90 Å². The monoisotopic (exact) mass is 349 g/mol. The second-order valence-electron chi connectivity index (χ2n) is 5.05. The molecule has 0 N–H and O–H groups in total. The molecule has 1 aromatic rings. The minimum Gasteiger partial charge on any atom is -0.339 e. The number of alkyl halides is 3. The fraction of sp³-hybridized carbons (Fsp3) is 0.500. The minimum absolute atomic E-state index is 0.0641. The van der Waals surface area contributed by atoms with Crippen LogP contribution in [0.4, 0.5) is 13.2 Å². The summed E-state index contributed by atoms with van der Waals surface area (Å²) >= 11 is 3.16. The van der Waals surface area contributed by atoms with E-state index in [1.54, 1.807) is 11.9 Å². The number of carbonyl (C=O) groups is 1. The van der Waals surface area contributed by atoms with Gasteiger partial charge in [0, 0.05) is 17.6 Å². The van der Waals surface area contributed by atoms with Crippen molar-refractivity contribution in [3.8, 4) is 0 Å². The molecule has 20 heavy (non-hydrogen) atoms. The molecular formula is C14H15BrF3NO. The molecule has 0 unspecified atom stereocenters. The first-order valence-corrected chi connectivity index (χ1v) is 7.24. The summed E-state index contributed by atoms with van der Waals surface area (Å²) in [7, 11) is 1.66. The van der Waals surface area contributed by atoms with E-state index in [0.717, 1.165) is 37.8 Å². The maximum Gasteiger partial charge on any atom is 0.416 e. The Bertz CT molecular complexity index is 510. The first-order chi connectivity index (χ1) is 9.30. The third kappa shape index (κ3) is 3.16. The van der Waals surface area contributed by atoms with Crippen LogP contribution in [0.15, 0.2) is 22.7 Å². The van der Waals surface area contributed by atoms with Gasteiger partial charge in [-0.05, 0) is 47.0 Å². The van der Waals surface area contributed by atoms with Gasteiger partial charge in [0.15, 0.2) is 0 Å². The van der Waals surface area contributed by atoms with E-state index in [-0.39, 0.29) is 17.5 Å². The standard InChI is InChI=1S/C14H15BrF3NO/c1-19(10-4-2-3-5-10)13(20)11-8-9(14(16,17)18)6-7-12(11)15/h6-8,10H,2-5H2,1H3. The molecule has 0 saturated heterocycles. The summed E-state index contributed by atoms with van der Waals surface area (Å²) in [6, 6.07) is 3.29. The summed E-state index contributed by atoms with van der Waals surface area (Å²) in [4.78, 5) is 13.9. The Balaban J connectivity index is 2.28. The van der Waals surface area contributed by atoms with Crippen LogP contribution in [-0.2, 0) is 6.18 Å². The Labute approximate surface area is 124 Å². The summed E-state index contributed by atoms with van der Waals surface area (Å²) in [6.07, 6.45) is -0.489. The van der Waals surface area contributed by atoms with E-state index < -0.39 is 11.7 Å². The number of hydrogen-bond acceptors (Lipinski definition) is 1. The van der Waals surface area contributed by atoms with Gasteiger partial charge in [-0.2, -0.15) is 13.2 Å². The van der Waals surface area contributed by atoms with E-state index in [1.807, 2.05) is 0 Å². The smallest absolute Gasteiger partial charge is 0.339 e. The molecule has 0 heterocycles. The van der Waals surface area contributed by atoms with Gasteiger partial charge in [-0.3, -0.25) is 4.79 Å². The maximum atomic E-state index is 12.7. The number of nitrogens with zero attached hydrogens (tertiary/aromatic N) is 1. The predicted molar refractivity (Wildman–Crippen MR) is 73.5 cm³/mol. The number of carbonyl (C=O) groups excluding carboxylic acids is 1. The third-order valence-electron chi connectivity index (χ3n) is 3.72. The average molecular weight is 350 g/mol. The highest BCUT2D eigenvalue weighted by Gasteiger charge is 2.32. The molecule has 0 bridgehead atoms. The van der Waals surface area contributed by atoms with Crippen molar-refractivity contribution < 1.29 is 18.0 Å². The van der Waals surface area contributed by atoms with Crippen LogP contribution < -0.4 is 0 Å². The topological polar surface area (TPSA) is 20.3 Å². The van der Waals surface area contributed by atoms with Gasteiger partial charge in [0.05, 0.1) is 11.1 Å². The van der Waals surface area contributed by atoms with Crippen LogP contribution in [0.1, 0.15) is 41.6 Å². The summed E-state index contributed by atoms with van der Waals surface area (Å²) in [5.74, 6) is -0.366. The van der Waals surface area contributed by atoms with Crippen LogP contribution in [-0.4, -0.2) is 23.9 Å². The van der Waals surface area contributed by atoms with Crippen molar-refractivity contribution in [2.45, 2.75) is 37.9 Å². The molecule has 1 aliphatic carbocycles. The zero-order chi connectivity index (χ0) is 14.9. The molecule has 2 rings (SSSR count). The first kappa shape index (κ1) is 15.4. The van der Waals surface area contributed by atoms with Crippen molar-refractivity contribution in [2.24, 2.45) is 0 Å². The molecule has 0 aromatic heterocycles. The highest BCUT2D eigenvalue weighted by Crippen LogP contribution is 2.33. The number of rotatable bonds is 2. The van der Waals surface area contributed by atoms with Gasteiger partial charge in [-0.1, -0.05) is 12.8 Å². The second kappa shape index (κ2) is 5.76. The quantitative estimate of drug-likeness (QED) is 0.770. The van der Waals surface area contributed by atoms with Gasteiger partial charge in [0.1, 0.15) is 0 Å². The van der Waals surface area contributed by atoms with Crippen LogP contribution in [0, 0.1) is 0 Å². The summed E-state index contributed by atoms with van der Waals surface area (Å²) in [5, 5.41) is 0. The number of halogens is 4. The highest BCUT2D eigenvalue weighted by atomic mass is 79.9. The van der Waals surface area contributed by atoms with Crippen molar-refractivity contribution in [1.29, 1.82) is 0 Å². The molecular weight excluding hydrogens is 335 g/mol. The molecule has 1 aliphatic rings. The van der Waals surface area contributed by atoms with Crippen LogP contribution in [0.25, 0.3) is 0 Å². The van der Waals surface area contributed by atoms with Gasteiger partial charge in [-0.25, -0.2) is 0 Å². The van der Waals surface area contributed by atoms with Crippen molar-refractivity contribution in [3.63, 3.8) is 0 Å². The molecule has 1 amide bonds. The van der Waals surface area contributed by atoms with Crippen LogP contribution in [0.3, 0.4) is 0 Å². The normalized spacial score (nSPS) is 16.4. The minimum atomic E-state index is -4.44. The molecule has 1 aromatic carbocycles. The number of amides is 1. The third-order valence-corrected chi connectivity index (χ3v) is 4.41. The van der Waals surface area contributed by atoms with E-state index in [0.29, 0.717) is 4.47 Å². The number of hydrogen-bond donors (Lipinski definition) is 0. The number of benzene rings is 1. The molecule has 0 spiro atoms. The Morgan fingerprint density at radius 3 is 2.45 bits per heavy atom.